The van der Waals surface area contributed by atoms with E-state index in [1.165, 1.54) is 123 Å². The summed E-state index contributed by atoms with van der Waals surface area (Å²) in [7, 11) is -3.85. The van der Waals surface area contributed by atoms with Gasteiger partial charge >= 0.3 is 0 Å². The van der Waals surface area contributed by atoms with Crippen LogP contribution in [0.3, 0.4) is 0 Å². The molecule has 0 spiro atoms. The van der Waals surface area contributed by atoms with Crippen molar-refractivity contribution in [3.63, 3.8) is 0 Å². The Morgan fingerprint density at radius 3 is 1.09 bits per heavy atom. The maximum Gasteiger partial charge on any atom is 0.180 e. The third-order valence-electron chi connectivity index (χ3n) is 27.1. The van der Waals surface area contributed by atoms with E-state index in [4.69, 9.17) is 44.3 Å². The summed E-state index contributed by atoms with van der Waals surface area (Å²) in [5, 5.41) is 20.8. The Kier molecular flexibility index (Phi) is 22.4. The number of methoxy groups -OCH3 is 2. The summed E-state index contributed by atoms with van der Waals surface area (Å²) in [4.78, 5) is 11.4. The van der Waals surface area contributed by atoms with Crippen molar-refractivity contribution < 1.29 is 9.47 Å². The van der Waals surface area contributed by atoms with Gasteiger partial charge in [-0.25, -0.2) is 0 Å². The fourth-order valence-electron chi connectivity index (χ4n) is 21.1. The topological polar surface area (TPSA) is 46.0 Å². The molecule has 0 amide bonds. The van der Waals surface area contributed by atoms with Gasteiger partial charge < -0.3 is 28.7 Å². The molecule has 0 N–H and O–H groups in total. The Balaban J connectivity index is 0.000000117. The maximum absolute atomic E-state index is 6.77. The van der Waals surface area contributed by atoms with Gasteiger partial charge in [-0.15, -0.1) is 0 Å². The number of hydrogen-bond acceptors (Lipinski definition) is 6. The first-order chi connectivity index (χ1) is 65.8. The average molecular weight is 1840 g/mol. The monoisotopic (exact) mass is 1830 g/mol. The van der Waals surface area contributed by atoms with Crippen LogP contribution in [0.2, 0.25) is 28.2 Å². The van der Waals surface area contributed by atoms with Crippen LogP contribution in [0, 0.1) is 0 Å². The molecule has 0 saturated heterocycles. The molecule has 24 rings (SSSR count). The van der Waals surface area contributed by atoms with E-state index >= 15 is 0 Å². The maximum atomic E-state index is 6.77. The first-order valence-corrected chi connectivity index (χ1v) is 53.4. The number of benzene rings is 19. The Labute approximate surface area is 799 Å². The number of nitrogens with zero attached hydrogens (tertiary/aromatic N) is 5. The van der Waals surface area contributed by atoms with Gasteiger partial charge in [-0.1, -0.05) is 315 Å². The van der Waals surface area contributed by atoms with E-state index in [-0.39, 0.29) is 0 Å². The van der Waals surface area contributed by atoms with Crippen molar-refractivity contribution in [2.24, 2.45) is 0 Å². The summed E-state index contributed by atoms with van der Waals surface area (Å²) < 4.78 is 13.5. The van der Waals surface area contributed by atoms with E-state index in [1.807, 2.05) is 30.6 Å². The van der Waals surface area contributed by atoms with Crippen LogP contribution in [0.5, 0.6) is 11.5 Å². The first-order valence-electron chi connectivity index (χ1n) is 45.2. The summed E-state index contributed by atoms with van der Waals surface area (Å²) >= 11 is 20.1. The molecule has 7 nitrogen and oxygen atoms in total. The van der Waals surface area contributed by atoms with Gasteiger partial charge in [0.15, 0.2) is 16.1 Å². The van der Waals surface area contributed by atoms with Crippen molar-refractivity contribution in [3.05, 3.63) is 489 Å². The molecule has 134 heavy (non-hydrogen) atoms. The number of para-hydroxylation sites is 6. The smallest absolute Gasteiger partial charge is 0.180 e. The van der Waals surface area contributed by atoms with Crippen LogP contribution >= 0.6 is 34.8 Å². The largest absolute Gasteiger partial charge is 0.497 e. The first kappa shape index (κ1) is 84.5. The van der Waals surface area contributed by atoms with Crippen molar-refractivity contribution in [2.75, 3.05) is 28.9 Å². The second-order valence-electron chi connectivity index (χ2n) is 34.8. The van der Waals surface area contributed by atoms with Gasteiger partial charge in [0.05, 0.1) is 25.3 Å². The fraction of sp³-hybridized carbons (Fsp3) is 0.0331. The summed E-state index contributed by atoms with van der Waals surface area (Å²) in [5.74, 6) is 1.68. The minimum absolute atomic E-state index is 0.729. The van der Waals surface area contributed by atoms with Crippen LogP contribution in [0.4, 0.5) is 51.2 Å². The van der Waals surface area contributed by atoms with Gasteiger partial charge in [-0.3, -0.25) is 4.98 Å². The van der Waals surface area contributed by atoms with Gasteiger partial charge in [-0.05, 0) is 301 Å². The lowest BCUT2D eigenvalue weighted by Gasteiger charge is -2.32. The highest BCUT2D eigenvalue weighted by molar-refractivity contribution is 7.23. The quantitative estimate of drug-likeness (QED) is 0.0847. The van der Waals surface area contributed by atoms with Crippen molar-refractivity contribution in [2.45, 2.75) is 13.1 Å². The number of rotatable bonds is 17. The highest BCUT2D eigenvalue weighted by atomic mass is 35.5. The Hall–Kier alpha value is -15.1. The standard InChI is InChI=1S/C42H31ClN2Si.C41H29ClN2Si.C38H30ClNO2Si/c1-46(2)41-22-17-30(43)25-37(41)38-26-33(20-23-42(38)46)44(31-12-4-3-5-13-31)34-19-21-36-35-14-8-9-15-39(35)45(40(36)27-34)32-18-16-28-10-6-7-11-29(28)24-32;42-32-21-23-40-38(27-32)39-28-35(44(33-14-4-1-5-15-33)34-16-6-2-7-17-34)22-24-41(39)45(40,36-18-8-3-9-19-36)37-20-10-12-30(26-37)31-13-11-25-43-29-31;1-41-31-15-19-33(20-16-31)43(34-21-17-32(42-2)18-22-34)37-23-13-27(39)25-35(37)36-26-30(14-24-38(36)43)40(28-9-5-3-6-10-28)29-11-7-4-8-12-29/h3-27H,1-2H3;1-29H;3-26H,1-2H3. The highest BCUT2D eigenvalue weighted by Gasteiger charge is 2.51. The van der Waals surface area contributed by atoms with E-state index in [2.05, 4.69) is 480 Å². The molecule has 1 unspecified atom stereocenters. The van der Waals surface area contributed by atoms with Crippen LogP contribution in [0.25, 0.3) is 82.8 Å². The average Bonchev–Trinajstić information content (AvgIpc) is 1.53. The van der Waals surface area contributed by atoms with Crippen molar-refractivity contribution in [1.82, 2.24) is 9.55 Å². The molecule has 644 valence electrons. The van der Waals surface area contributed by atoms with E-state index in [0.717, 1.165) is 89.0 Å². The highest BCUT2D eigenvalue weighted by Crippen LogP contribution is 2.46. The van der Waals surface area contributed by atoms with Gasteiger partial charge in [-0.2, -0.15) is 0 Å². The molecule has 1 atom stereocenters. The van der Waals surface area contributed by atoms with Crippen molar-refractivity contribution in [3.8, 4) is 61.7 Å². The number of fused-ring (bicyclic) bond motifs is 13. The second-order valence-corrected chi connectivity index (χ2v) is 47.9. The molecular formula is C121H90Cl3N5O2Si3. The molecule has 3 aliphatic rings. The van der Waals surface area contributed by atoms with Crippen LogP contribution in [0.15, 0.2) is 473 Å². The van der Waals surface area contributed by atoms with E-state index < -0.39 is 24.2 Å². The van der Waals surface area contributed by atoms with Crippen molar-refractivity contribution in [1.29, 1.82) is 0 Å². The molecule has 21 aromatic rings. The van der Waals surface area contributed by atoms with Gasteiger partial charge in [0.25, 0.3) is 0 Å². The number of hydrogen-bond donors (Lipinski definition) is 0. The molecular weight excluding hydrogens is 1750 g/mol. The third kappa shape index (κ3) is 14.9. The molecule has 3 aliphatic heterocycles. The van der Waals surface area contributed by atoms with Crippen LogP contribution in [-0.2, 0) is 0 Å². The summed E-state index contributed by atoms with van der Waals surface area (Å²) in [5.41, 5.74) is 23.3. The zero-order chi connectivity index (χ0) is 90.6. The van der Waals surface area contributed by atoms with E-state index in [9.17, 15) is 0 Å². The molecule has 5 heterocycles. The van der Waals surface area contributed by atoms with Gasteiger partial charge in [0, 0.05) is 95.1 Å². The molecule has 0 fully saturated rings. The molecule has 0 radical (unpaired) electrons. The Morgan fingerprint density at radius 1 is 0.254 bits per heavy atom. The van der Waals surface area contributed by atoms with E-state index in [1.54, 1.807) is 14.2 Å². The summed E-state index contributed by atoms with van der Waals surface area (Å²) in [6.07, 6.45) is 3.77. The number of anilines is 9. The Bertz CT molecular complexity index is 7850. The van der Waals surface area contributed by atoms with E-state index in [0.29, 0.717) is 0 Å². The summed E-state index contributed by atoms with van der Waals surface area (Å²) in [6.45, 7) is 4.89. The zero-order valence-electron chi connectivity index (χ0n) is 74.2. The lowest BCUT2D eigenvalue weighted by molar-refractivity contribution is 0.415. The minimum Gasteiger partial charge on any atom is -0.497 e. The SMILES string of the molecule is COc1ccc([Si]2(c3ccc(OC)cc3)c3ccc(Cl)cc3-c3cc(N(c4ccccc4)c4ccccc4)ccc32)cc1.C[Si]1(C)c2ccc(Cl)cc2-c2cc(N(c3ccccc3)c3ccc4c5ccccc5n(-c5ccc6ccccc6c5)c4c3)ccc21.Clc1ccc2c(c1)-c1cc(N(c3ccccc3)c3ccccc3)ccc1[Si]2(c1ccccc1)c1cccc(-c2cccnc2)c1. The lowest BCUT2D eigenvalue weighted by Crippen LogP contribution is -2.72. The van der Waals surface area contributed by atoms with Gasteiger partial charge in [0.2, 0.25) is 0 Å². The van der Waals surface area contributed by atoms with Crippen LogP contribution < -0.4 is 76.0 Å². The number of halogens is 3. The normalized spacial score (nSPS) is 13.6. The molecule has 13 heteroatoms. The van der Waals surface area contributed by atoms with Gasteiger partial charge in [0.1, 0.15) is 19.6 Å². The third-order valence-corrected chi connectivity index (χ3v) is 41.1. The fourth-order valence-corrected chi connectivity index (χ4v) is 34.9. The Morgan fingerprint density at radius 2 is 0.612 bits per heavy atom. The predicted octanol–water partition coefficient (Wildman–Crippen LogP) is 26.3. The predicted molar refractivity (Wildman–Crippen MR) is 574 cm³/mol. The van der Waals surface area contributed by atoms with Crippen LogP contribution in [-0.4, -0.2) is 48.0 Å². The molecule has 2 aromatic heterocycles. The van der Waals surface area contributed by atoms with Crippen molar-refractivity contribution >= 4 is 195 Å². The molecule has 0 bridgehead atoms. The van der Waals surface area contributed by atoms with Crippen LogP contribution in [0.1, 0.15) is 0 Å². The number of ether oxygens (including phenoxy) is 2. The summed E-state index contributed by atoms with van der Waals surface area (Å²) in [6, 6.07) is 166. The molecule has 0 saturated carbocycles. The molecule has 0 aliphatic carbocycles. The minimum atomic E-state index is -2.73. The molecule has 19 aromatic carbocycles. The second kappa shape index (κ2) is 35.6. The zero-order valence-corrected chi connectivity index (χ0v) is 79.5. The number of aromatic nitrogens is 2. The lowest BCUT2D eigenvalue weighted by atomic mass is 10.0. The number of pyridine rings is 1.